The van der Waals surface area contributed by atoms with Gasteiger partial charge in [0.15, 0.2) is 0 Å². The Labute approximate surface area is 191 Å². The zero-order chi connectivity index (χ0) is 23.8. The third-order valence-electron chi connectivity index (χ3n) is 5.40. The van der Waals surface area contributed by atoms with Crippen LogP contribution in [0.1, 0.15) is 15.9 Å². The second kappa shape index (κ2) is 11.1. The van der Waals surface area contributed by atoms with Crippen LogP contribution in [-0.4, -0.2) is 71.1 Å². The van der Waals surface area contributed by atoms with Gasteiger partial charge in [-0.3, -0.25) is 9.69 Å². The number of carboxylic acid groups (broad SMARTS) is 2. The molecular formula is C25H26N2O6. The van der Waals surface area contributed by atoms with Crippen LogP contribution in [0.5, 0.6) is 5.75 Å². The first kappa shape index (κ1) is 23.7. The van der Waals surface area contributed by atoms with Crippen LogP contribution in [-0.2, 0) is 16.1 Å². The number of carboxylic acids is 2. The van der Waals surface area contributed by atoms with E-state index in [-0.39, 0.29) is 5.91 Å². The number of piperazine rings is 1. The number of carbonyl (C=O) groups excluding carboxylic acids is 1. The van der Waals surface area contributed by atoms with Crippen LogP contribution in [0.25, 0.3) is 10.8 Å². The van der Waals surface area contributed by atoms with Gasteiger partial charge in [-0.15, -0.1) is 0 Å². The Hall–Kier alpha value is -3.91. The van der Waals surface area contributed by atoms with Gasteiger partial charge in [0.25, 0.3) is 5.91 Å². The highest BCUT2D eigenvalue weighted by Crippen LogP contribution is 2.21. The predicted molar refractivity (Wildman–Crippen MR) is 123 cm³/mol. The number of nitrogens with zero attached hydrogens (tertiary/aromatic N) is 2. The quantitative estimate of drug-likeness (QED) is 0.589. The van der Waals surface area contributed by atoms with E-state index in [1.807, 2.05) is 29.2 Å². The van der Waals surface area contributed by atoms with Gasteiger partial charge in [-0.25, -0.2) is 9.59 Å². The second-order valence-electron chi connectivity index (χ2n) is 7.56. The summed E-state index contributed by atoms with van der Waals surface area (Å²) in [6.45, 7) is 4.16. The first-order valence-corrected chi connectivity index (χ1v) is 10.5. The van der Waals surface area contributed by atoms with Crippen molar-refractivity contribution in [2.45, 2.75) is 6.54 Å². The van der Waals surface area contributed by atoms with Crippen LogP contribution in [0.2, 0.25) is 0 Å². The van der Waals surface area contributed by atoms with Gasteiger partial charge in [-0.05, 0) is 34.5 Å². The molecule has 0 atom stereocenters. The lowest BCUT2D eigenvalue weighted by Crippen LogP contribution is -2.48. The monoisotopic (exact) mass is 450 g/mol. The van der Waals surface area contributed by atoms with Crippen LogP contribution in [0.15, 0.2) is 66.7 Å². The average molecular weight is 450 g/mol. The molecule has 2 N–H and O–H groups in total. The summed E-state index contributed by atoms with van der Waals surface area (Å²) in [6, 6.07) is 22.5. The van der Waals surface area contributed by atoms with E-state index in [1.54, 1.807) is 7.11 Å². The molecule has 8 heteroatoms. The molecule has 0 bridgehead atoms. The molecular weight excluding hydrogens is 424 g/mol. The Morgan fingerprint density at radius 2 is 1.42 bits per heavy atom. The number of hydrogen-bond donors (Lipinski definition) is 2. The molecule has 1 saturated heterocycles. The Balaban J connectivity index is 0.000000454. The van der Waals surface area contributed by atoms with Crippen molar-refractivity contribution in [3.63, 3.8) is 0 Å². The zero-order valence-corrected chi connectivity index (χ0v) is 18.3. The van der Waals surface area contributed by atoms with Crippen LogP contribution in [0.3, 0.4) is 0 Å². The molecule has 0 saturated carbocycles. The molecule has 0 radical (unpaired) electrons. The molecule has 1 aliphatic rings. The number of rotatable bonds is 4. The minimum absolute atomic E-state index is 0.0535. The molecule has 3 aromatic rings. The molecule has 0 aromatic heterocycles. The molecule has 4 rings (SSSR count). The number of ether oxygens (including phenoxy) is 1. The first-order valence-electron chi connectivity index (χ1n) is 10.5. The van der Waals surface area contributed by atoms with Crippen molar-refractivity contribution < 1.29 is 29.3 Å². The summed E-state index contributed by atoms with van der Waals surface area (Å²) in [7, 11) is 1.60. The molecule has 33 heavy (non-hydrogen) atoms. The van der Waals surface area contributed by atoms with Crippen molar-refractivity contribution in [1.82, 2.24) is 9.80 Å². The van der Waals surface area contributed by atoms with E-state index < -0.39 is 11.9 Å². The Morgan fingerprint density at radius 1 is 0.818 bits per heavy atom. The summed E-state index contributed by atoms with van der Waals surface area (Å²) in [5.41, 5.74) is 1.96. The molecule has 1 aliphatic heterocycles. The van der Waals surface area contributed by atoms with Gasteiger partial charge < -0.3 is 19.8 Å². The number of para-hydroxylation sites is 1. The fourth-order valence-electron chi connectivity index (χ4n) is 3.70. The van der Waals surface area contributed by atoms with Crippen molar-refractivity contribution in [3.8, 4) is 5.75 Å². The number of benzene rings is 3. The van der Waals surface area contributed by atoms with E-state index in [1.165, 1.54) is 16.3 Å². The van der Waals surface area contributed by atoms with Gasteiger partial charge in [-0.2, -0.15) is 0 Å². The van der Waals surface area contributed by atoms with Crippen LogP contribution < -0.4 is 4.74 Å². The van der Waals surface area contributed by atoms with Crippen molar-refractivity contribution >= 4 is 28.6 Å². The molecule has 8 nitrogen and oxygen atoms in total. The Kier molecular flexibility index (Phi) is 7.99. The van der Waals surface area contributed by atoms with Gasteiger partial charge in [-0.1, -0.05) is 48.5 Å². The van der Waals surface area contributed by atoms with Crippen molar-refractivity contribution in [2.75, 3.05) is 33.3 Å². The molecule has 1 heterocycles. The lowest BCUT2D eigenvalue weighted by Gasteiger charge is -2.35. The van der Waals surface area contributed by atoms with Crippen molar-refractivity contribution in [1.29, 1.82) is 0 Å². The van der Waals surface area contributed by atoms with Gasteiger partial charge in [0.05, 0.1) is 12.7 Å². The maximum absolute atomic E-state index is 12.8. The summed E-state index contributed by atoms with van der Waals surface area (Å²) >= 11 is 0. The molecule has 172 valence electrons. The first-order chi connectivity index (χ1) is 15.9. The second-order valence-corrected chi connectivity index (χ2v) is 7.56. The third-order valence-corrected chi connectivity index (χ3v) is 5.40. The summed E-state index contributed by atoms with van der Waals surface area (Å²) < 4.78 is 5.33. The number of carbonyl (C=O) groups is 3. The van der Waals surface area contributed by atoms with E-state index >= 15 is 0 Å². The van der Waals surface area contributed by atoms with Crippen molar-refractivity contribution in [3.05, 3.63) is 77.9 Å². The minimum Gasteiger partial charge on any atom is -0.496 e. The summed E-state index contributed by atoms with van der Waals surface area (Å²) in [5, 5.41) is 17.3. The Bertz CT molecular complexity index is 1130. The number of amides is 1. The smallest absolute Gasteiger partial charge is 0.414 e. The van der Waals surface area contributed by atoms with E-state index in [0.29, 0.717) is 11.3 Å². The fraction of sp³-hybridized carbons (Fsp3) is 0.240. The highest BCUT2D eigenvalue weighted by molar-refractivity contribution is 6.27. The standard InChI is InChI=1S/C23H24N2O2.C2H2O4/c1-27-22-9-5-4-8-21(22)23(26)25-14-12-24(13-15-25)17-18-10-11-19-6-2-3-7-20(19)16-18;3-1(4)2(5)6/h2-11,16H,12-15,17H2,1H3;(H,3,4)(H,5,6). The summed E-state index contributed by atoms with van der Waals surface area (Å²) in [5.74, 6) is -2.95. The topological polar surface area (TPSA) is 107 Å². The zero-order valence-electron chi connectivity index (χ0n) is 18.3. The molecule has 0 spiro atoms. The van der Waals surface area contributed by atoms with E-state index in [2.05, 4.69) is 47.4 Å². The van der Waals surface area contributed by atoms with E-state index in [4.69, 9.17) is 24.5 Å². The maximum atomic E-state index is 12.8. The summed E-state index contributed by atoms with van der Waals surface area (Å²) in [6.07, 6.45) is 0. The predicted octanol–water partition coefficient (Wildman–Crippen LogP) is 2.96. The van der Waals surface area contributed by atoms with Crippen LogP contribution in [0, 0.1) is 0 Å². The average Bonchev–Trinajstić information content (AvgIpc) is 2.84. The molecule has 3 aromatic carbocycles. The van der Waals surface area contributed by atoms with Crippen LogP contribution >= 0.6 is 0 Å². The SMILES string of the molecule is COc1ccccc1C(=O)N1CCN(Cc2ccc3ccccc3c2)CC1.O=C(O)C(=O)O. The normalized spacial score (nSPS) is 13.7. The number of aliphatic carboxylic acids is 2. The molecule has 1 fully saturated rings. The number of hydrogen-bond acceptors (Lipinski definition) is 5. The van der Waals surface area contributed by atoms with E-state index in [0.717, 1.165) is 32.7 Å². The van der Waals surface area contributed by atoms with E-state index in [9.17, 15) is 4.79 Å². The number of methoxy groups -OCH3 is 1. The van der Waals surface area contributed by atoms with Gasteiger partial charge in [0, 0.05) is 32.7 Å². The highest BCUT2D eigenvalue weighted by atomic mass is 16.5. The Morgan fingerprint density at radius 3 is 2.06 bits per heavy atom. The van der Waals surface area contributed by atoms with Crippen molar-refractivity contribution in [2.24, 2.45) is 0 Å². The van der Waals surface area contributed by atoms with Gasteiger partial charge in [0.1, 0.15) is 5.75 Å². The maximum Gasteiger partial charge on any atom is 0.414 e. The van der Waals surface area contributed by atoms with Gasteiger partial charge in [0.2, 0.25) is 0 Å². The lowest BCUT2D eigenvalue weighted by atomic mass is 10.1. The third kappa shape index (κ3) is 6.30. The molecule has 0 unspecified atom stereocenters. The molecule has 0 aliphatic carbocycles. The molecule has 1 amide bonds. The lowest BCUT2D eigenvalue weighted by molar-refractivity contribution is -0.159. The highest BCUT2D eigenvalue weighted by Gasteiger charge is 2.24. The fourth-order valence-corrected chi connectivity index (χ4v) is 3.70. The van der Waals surface area contributed by atoms with Crippen LogP contribution in [0.4, 0.5) is 0 Å². The van der Waals surface area contributed by atoms with Gasteiger partial charge >= 0.3 is 11.9 Å². The number of fused-ring (bicyclic) bond motifs is 1. The largest absolute Gasteiger partial charge is 0.496 e. The summed E-state index contributed by atoms with van der Waals surface area (Å²) in [4.78, 5) is 35.4. The minimum atomic E-state index is -1.82.